The van der Waals surface area contributed by atoms with Gasteiger partial charge in [-0.1, -0.05) is 0 Å². The fourth-order valence-electron chi connectivity index (χ4n) is 1.70. The molecule has 0 saturated heterocycles. The number of halogens is 3. The zero-order chi connectivity index (χ0) is 16.4. The lowest BCUT2D eigenvalue weighted by molar-refractivity contribution is -0.0504. The molecule has 6 nitrogen and oxygen atoms in total. The lowest BCUT2D eigenvalue weighted by atomic mass is 10.2. The number of hydrogen-bond acceptors (Lipinski definition) is 4. The number of methoxy groups -OCH3 is 2. The summed E-state index contributed by atoms with van der Waals surface area (Å²) in [7, 11) is 4.72. The van der Waals surface area contributed by atoms with Crippen molar-refractivity contribution in [1.29, 1.82) is 0 Å². The number of ether oxygens (including phenoxy) is 3. The van der Waals surface area contributed by atoms with E-state index in [4.69, 9.17) is 9.47 Å². The molecule has 0 spiro atoms. The molecule has 0 atom stereocenters. The minimum Gasteiger partial charge on any atom is -0.497 e. The molecule has 0 aliphatic carbocycles. The minimum absolute atomic E-state index is 0. The first kappa shape index (κ1) is 21.6. The van der Waals surface area contributed by atoms with Crippen molar-refractivity contribution in [2.75, 3.05) is 34.4 Å². The summed E-state index contributed by atoms with van der Waals surface area (Å²) in [6.45, 7) is -1.52. The van der Waals surface area contributed by atoms with Crippen LogP contribution in [0.15, 0.2) is 23.2 Å². The van der Waals surface area contributed by atoms with Crippen LogP contribution >= 0.6 is 24.0 Å². The first-order valence-electron chi connectivity index (χ1n) is 6.66. The first-order valence-corrected chi connectivity index (χ1v) is 6.66. The molecule has 9 heteroatoms. The van der Waals surface area contributed by atoms with Crippen molar-refractivity contribution in [2.24, 2.45) is 4.99 Å². The summed E-state index contributed by atoms with van der Waals surface area (Å²) < 4.78 is 39.4. The number of guanidine groups is 1. The molecular weight excluding hydrogens is 423 g/mol. The van der Waals surface area contributed by atoms with Crippen LogP contribution in [0, 0.1) is 0 Å². The molecule has 23 heavy (non-hydrogen) atoms. The van der Waals surface area contributed by atoms with E-state index in [0.29, 0.717) is 30.4 Å². The van der Waals surface area contributed by atoms with Crippen LogP contribution in [0.4, 0.5) is 8.78 Å². The maximum atomic E-state index is 12.4. The molecule has 0 saturated carbocycles. The second-order valence-electron chi connectivity index (χ2n) is 4.20. The lowest BCUT2D eigenvalue weighted by Crippen LogP contribution is -2.38. The highest BCUT2D eigenvalue weighted by Crippen LogP contribution is 2.25. The summed E-state index contributed by atoms with van der Waals surface area (Å²) in [5.41, 5.74) is 0.536. The van der Waals surface area contributed by atoms with Gasteiger partial charge in [-0.3, -0.25) is 4.99 Å². The number of alkyl halides is 2. The molecule has 0 fully saturated rings. The zero-order valence-corrected chi connectivity index (χ0v) is 15.6. The molecule has 0 aliphatic heterocycles. The predicted octanol–water partition coefficient (Wildman–Crippen LogP) is 2.23. The Balaban J connectivity index is 0.00000484. The quantitative estimate of drug-likeness (QED) is 0.278. The molecule has 0 unspecified atom stereocenters. The van der Waals surface area contributed by atoms with E-state index in [1.54, 1.807) is 26.3 Å². The molecular formula is C14H22F2IN3O3. The average Bonchev–Trinajstić information content (AvgIpc) is 2.51. The number of nitrogens with one attached hydrogen (secondary N) is 2. The number of aliphatic imine (C=N–C) groups is 1. The SMILES string of the molecule is CN=C(NCCOC)NCc1cc(OC)ccc1OC(F)F.I. The van der Waals surface area contributed by atoms with Crippen LogP contribution in [0.1, 0.15) is 5.56 Å². The summed E-state index contributed by atoms with van der Waals surface area (Å²) in [6.07, 6.45) is 0. The van der Waals surface area contributed by atoms with E-state index in [0.717, 1.165) is 0 Å². The lowest BCUT2D eigenvalue weighted by Gasteiger charge is -2.15. The highest BCUT2D eigenvalue weighted by molar-refractivity contribution is 14.0. The highest BCUT2D eigenvalue weighted by Gasteiger charge is 2.11. The molecule has 1 aromatic rings. The Morgan fingerprint density at radius 3 is 2.57 bits per heavy atom. The van der Waals surface area contributed by atoms with Gasteiger partial charge in [0.25, 0.3) is 0 Å². The first-order chi connectivity index (χ1) is 10.6. The number of rotatable bonds is 8. The largest absolute Gasteiger partial charge is 0.497 e. The number of hydrogen-bond donors (Lipinski definition) is 2. The van der Waals surface area contributed by atoms with Gasteiger partial charge in [0.05, 0.1) is 13.7 Å². The van der Waals surface area contributed by atoms with Gasteiger partial charge in [-0.15, -0.1) is 24.0 Å². The van der Waals surface area contributed by atoms with Crippen LogP contribution in [0.25, 0.3) is 0 Å². The van der Waals surface area contributed by atoms with Gasteiger partial charge in [0, 0.05) is 32.8 Å². The Hall–Kier alpha value is -1.36. The van der Waals surface area contributed by atoms with E-state index in [2.05, 4.69) is 20.4 Å². The maximum absolute atomic E-state index is 12.4. The summed E-state index contributed by atoms with van der Waals surface area (Å²) in [6, 6.07) is 4.64. The van der Waals surface area contributed by atoms with Crippen LogP contribution in [0.5, 0.6) is 11.5 Å². The molecule has 2 N–H and O–H groups in total. The Morgan fingerprint density at radius 1 is 1.26 bits per heavy atom. The Morgan fingerprint density at radius 2 is 2.00 bits per heavy atom. The van der Waals surface area contributed by atoms with Gasteiger partial charge in [-0.2, -0.15) is 8.78 Å². The minimum atomic E-state index is -2.88. The van der Waals surface area contributed by atoms with Crippen LogP contribution in [0.3, 0.4) is 0 Å². The van der Waals surface area contributed by atoms with Gasteiger partial charge in [-0.05, 0) is 18.2 Å². The average molecular weight is 445 g/mol. The van der Waals surface area contributed by atoms with E-state index < -0.39 is 6.61 Å². The summed E-state index contributed by atoms with van der Waals surface area (Å²) >= 11 is 0. The van der Waals surface area contributed by atoms with E-state index in [1.165, 1.54) is 13.2 Å². The predicted molar refractivity (Wildman–Crippen MR) is 95.1 cm³/mol. The number of nitrogens with zero attached hydrogens (tertiary/aromatic N) is 1. The molecule has 132 valence electrons. The van der Waals surface area contributed by atoms with Gasteiger partial charge in [-0.25, -0.2) is 0 Å². The smallest absolute Gasteiger partial charge is 0.387 e. The van der Waals surface area contributed by atoms with Crippen LogP contribution < -0.4 is 20.1 Å². The molecule has 0 bridgehead atoms. The Bertz CT molecular complexity index is 490. The van der Waals surface area contributed by atoms with Crippen molar-refractivity contribution in [2.45, 2.75) is 13.2 Å². The molecule has 0 aromatic heterocycles. The van der Waals surface area contributed by atoms with Crippen LogP contribution in [-0.2, 0) is 11.3 Å². The third-order valence-electron chi connectivity index (χ3n) is 2.75. The molecule has 0 radical (unpaired) electrons. The molecule has 0 aliphatic rings. The normalized spacial score (nSPS) is 11.0. The monoisotopic (exact) mass is 445 g/mol. The van der Waals surface area contributed by atoms with Gasteiger partial charge in [0.2, 0.25) is 0 Å². The van der Waals surface area contributed by atoms with Crippen molar-refractivity contribution in [3.8, 4) is 11.5 Å². The second kappa shape index (κ2) is 12.1. The second-order valence-corrected chi connectivity index (χ2v) is 4.20. The summed E-state index contributed by atoms with van der Waals surface area (Å²) in [5.74, 6) is 1.18. The summed E-state index contributed by atoms with van der Waals surface area (Å²) in [5, 5.41) is 6.04. The van der Waals surface area contributed by atoms with Crippen LogP contribution in [-0.4, -0.2) is 47.0 Å². The molecule has 0 amide bonds. The van der Waals surface area contributed by atoms with Gasteiger partial charge >= 0.3 is 6.61 Å². The van der Waals surface area contributed by atoms with Gasteiger partial charge in [0.15, 0.2) is 5.96 Å². The van der Waals surface area contributed by atoms with Crippen molar-refractivity contribution in [1.82, 2.24) is 10.6 Å². The van der Waals surface area contributed by atoms with E-state index in [-0.39, 0.29) is 36.3 Å². The topological polar surface area (TPSA) is 64.1 Å². The fourth-order valence-corrected chi connectivity index (χ4v) is 1.70. The molecule has 1 aromatic carbocycles. The molecule has 1 rings (SSSR count). The van der Waals surface area contributed by atoms with E-state index in [9.17, 15) is 8.78 Å². The van der Waals surface area contributed by atoms with Crippen molar-refractivity contribution < 1.29 is 23.0 Å². The standard InChI is InChI=1S/C14H21F2N3O3.HI/c1-17-14(18-6-7-20-2)19-9-10-8-11(21-3)4-5-12(10)22-13(15)16;/h4-5,8,13H,6-7,9H2,1-3H3,(H2,17,18,19);1H. The Kier molecular flexibility index (Phi) is 11.4. The number of benzene rings is 1. The van der Waals surface area contributed by atoms with Gasteiger partial charge in [0.1, 0.15) is 11.5 Å². The van der Waals surface area contributed by atoms with Crippen molar-refractivity contribution in [3.63, 3.8) is 0 Å². The zero-order valence-electron chi connectivity index (χ0n) is 13.3. The maximum Gasteiger partial charge on any atom is 0.387 e. The third kappa shape index (κ3) is 8.16. The van der Waals surface area contributed by atoms with E-state index in [1.807, 2.05) is 0 Å². The highest BCUT2D eigenvalue weighted by atomic mass is 127. The van der Waals surface area contributed by atoms with E-state index >= 15 is 0 Å². The Labute approximate surface area is 151 Å². The summed E-state index contributed by atoms with van der Waals surface area (Å²) in [4.78, 5) is 4.03. The molecule has 0 heterocycles. The third-order valence-corrected chi connectivity index (χ3v) is 2.75. The van der Waals surface area contributed by atoms with Crippen LogP contribution in [0.2, 0.25) is 0 Å². The van der Waals surface area contributed by atoms with Gasteiger partial charge < -0.3 is 24.8 Å². The van der Waals surface area contributed by atoms with Crippen molar-refractivity contribution >= 4 is 29.9 Å². The fraction of sp³-hybridized carbons (Fsp3) is 0.500. The van der Waals surface area contributed by atoms with Crippen molar-refractivity contribution in [3.05, 3.63) is 23.8 Å².